The molecular formula is C43H51FN4O8S. The summed E-state index contributed by atoms with van der Waals surface area (Å²) in [5.41, 5.74) is 3.12. The van der Waals surface area contributed by atoms with E-state index in [0.29, 0.717) is 87.7 Å². The molecule has 3 heterocycles. The topological polar surface area (TPSA) is 144 Å². The summed E-state index contributed by atoms with van der Waals surface area (Å²) in [7, 11) is 1.11. The molecule has 304 valence electrons. The summed E-state index contributed by atoms with van der Waals surface area (Å²) in [5, 5.41) is 12.2. The van der Waals surface area contributed by atoms with E-state index in [1.54, 1.807) is 33.5 Å². The lowest BCUT2D eigenvalue weighted by molar-refractivity contribution is -0.137. The zero-order chi connectivity index (χ0) is 40.8. The van der Waals surface area contributed by atoms with Crippen molar-refractivity contribution in [2.45, 2.75) is 50.8 Å². The first-order valence-electron chi connectivity index (χ1n) is 18.9. The van der Waals surface area contributed by atoms with E-state index in [4.69, 9.17) is 23.7 Å². The van der Waals surface area contributed by atoms with Gasteiger partial charge in [0.25, 0.3) is 10.1 Å². The van der Waals surface area contributed by atoms with Crippen LogP contribution in [0.3, 0.4) is 0 Å². The molecule has 1 atom stereocenters. The highest BCUT2D eigenvalue weighted by molar-refractivity contribution is 7.85. The van der Waals surface area contributed by atoms with Crippen molar-refractivity contribution in [2.75, 3.05) is 53.8 Å². The highest BCUT2D eigenvalue weighted by Crippen LogP contribution is 2.43. The number of benzene rings is 4. The number of amides is 1. The maximum absolute atomic E-state index is 14.5. The number of hydrogen-bond acceptors (Lipinski definition) is 9. The second-order valence-electron chi connectivity index (χ2n) is 14.9. The predicted octanol–water partition coefficient (Wildman–Crippen LogP) is 6.09. The second kappa shape index (κ2) is 17.6. The second-order valence-corrected chi connectivity index (χ2v) is 16.4. The minimum atomic E-state index is -3.67. The number of hydrogen-bond donors (Lipinski definition) is 2. The maximum atomic E-state index is 14.5. The van der Waals surface area contributed by atoms with Crippen molar-refractivity contribution in [3.8, 4) is 17.2 Å². The molecule has 0 spiro atoms. The Morgan fingerprint density at radius 3 is 2.02 bits per heavy atom. The molecule has 2 N–H and O–H groups in total. The third-order valence-electron chi connectivity index (χ3n) is 11.0. The molecule has 12 nitrogen and oxygen atoms in total. The Morgan fingerprint density at radius 2 is 1.40 bits per heavy atom. The minimum absolute atomic E-state index is 0.160. The van der Waals surface area contributed by atoms with Gasteiger partial charge in [-0.15, -0.1) is 0 Å². The van der Waals surface area contributed by atoms with E-state index in [1.165, 1.54) is 12.1 Å². The van der Waals surface area contributed by atoms with Crippen molar-refractivity contribution < 1.29 is 41.5 Å². The van der Waals surface area contributed by atoms with Gasteiger partial charge in [-0.2, -0.15) is 8.42 Å². The summed E-state index contributed by atoms with van der Waals surface area (Å²) in [6.07, 6.45) is 3.90. The summed E-state index contributed by atoms with van der Waals surface area (Å²) in [4.78, 5) is 23.8. The average molecular weight is 803 g/mol. The molecule has 1 amide bonds. The van der Waals surface area contributed by atoms with Crippen molar-refractivity contribution >= 4 is 27.1 Å². The molecule has 0 bridgehead atoms. The van der Waals surface area contributed by atoms with Crippen molar-refractivity contribution in [1.82, 2.24) is 19.4 Å². The zero-order valence-corrected chi connectivity index (χ0v) is 33.7. The number of aromatic nitrogens is 2. The van der Waals surface area contributed by atoms with Crippen LogP contribution in [0, 0.1) is 11.2 Å². The number of aliphatic hydroxyl groups is 1. The van der Waals surface area contributed by atoms with Gasteiger partial charge >= 0.3 is 0 Å². The maximum Gasteiger partial charge on any atom is 0.261 e. The van der Waals surface area contributed by atoms with Gasteiger partial charge in [-0.25, -0.2) is 9.37 Å². The Labute approximate surface area is 333 Å². The monoisotopic (exact) mass is 802 g/mol. The van der Waals surface area contributed by atoms with Crippen molar-refractivity contribution in [2.24, 2.45) is 5.41 Å². The van der Waals surface area contributed by atoms with Crippen LogP contribution in [0.1, 0.15) is 48.2 Å². The number of piperidine rings is 1. The standard InChI is InChI=1S/C42H47FN4O5.CH4O3S/c1-50-36-25-32(26-37(51-2)38(36)52-3)28-46-24-18-41(40(46)48,27-30-9-5-4-6-10-30)17-21-45-22-19-42(49,20-23-45)39-44-34-11-7-8-12-35(34)47(39)29-31-13-15-33(43)16-14-31;1-5(2,3)4/h4-16,25-26,49H,17-24,27-29H2,1-3H3;1H3,(H,2,3,4). The number of carbonyl (C=O) groups is 1. The molecule has 2 aliphatic rings. The van der Waals surface area contributed by atoms with Crippen LogP contribution in [0.5, 0.6) is 17.2 Å². The number of rotatable bonds is 13. The van der Waals surface area contributed by atoms with Crippen LogP contribution in [0.2, 0.25) is 0 Å². The van der Waals surface area contributed by atoms with Gasteiger partial charge in [-0.1, -0.05) is 54.6 Å². The van der Waals surface area contributed by atoms with Gasteiger partial charge in [0.2, 0.25) is 11.7 Å². The van der Waals surface area contributed by atoms with E-state index in [1.807, 2.05) is 59.5 Å². The smallest absolute Gasteiger partial charge is 0.261 e. The Kier molecular flexibility index (Phi) is 12.9. The fraction of sp³-hybridized carbons (Fsp3) is 0.395. The highest BCUT2D eigenvalue weighted by atomic mass is 32.2. The minimum Gasteiger partial charge on any atom is -0.493 e. The Morgan fingerprint density at radius 1 is 0.789 bits per heavy atom. The van der Waals surface area contributed by atoms with Crippen molar-refractivity contribution in [3.05, 3.63) is 119 Å². The lowest BCUT2D eigenvalue weighted by Crippen LogP contribution is -2.46. The summed E-state index contributed by atoms with van der Waals surface area (Å²) in [6, 6.07) is 28.5. The van der Waals surface area contributed by atoms with Crippen molar-refractivity contribution in [1.29, 1.82) is 0 Å². The molecule has 0 saturated carbocycles. The first kappa shape index (κ1) is 41.6. The third-order valence-corrected chi connectivity index (χ3v) is 11.0. The molecule has 0 radical (unpaired) electrons. The molecule has 57 heavy (non-hydrogen) atoms. The van der Waals surface area contributed by atoms with Crippen LogP contribution in [0.25, 0.3) is 11.0 Å². The number of fused-ring (bicyclic) bond motifs is 1. The lowest BCUT2D eigenvalue weighted by atomic mass is 9.77. The van der Waals surface area contributed by atoms with Gasteiger partial charge < -0.3 is 33.7 Å². The van der Waals surface area contributed by atoms with Crippen LogP contribution in [0.15, 0.2) is 91.0 Å². The van der Waals surface area contributed by atoms with Crippen LogP contribution in [-0.4, -0.2) is 97.1 Å². The molecule has 2 fully saturated rings. The fourth-order valence-electron chi connectivity index (χ4n) is 8.07. The molecule has 5 aromatic rings. The SMILES string of the molecule is COc1cc(CN2CCC(CCN3CCC(O)(c4nc5ccccc5n4Cc4ccc(F)cc4)CC3)(Cc3ccccc3)C2=O)cc(OC)c1OC.CS(=O)(=O)O. The van der Waals surface area contributed by atoms with E-state index in [0.717, 1.165) is 40.7 Å². The quantitative estimate of drug-likeness (QED) is 0.134. The van der Waals surface area contributed by atoms with Gasteiger partial charge in [-0.3, -0.25) is 9.35 Å². The number of carbonyl (C=O) groups excluding carboxylic acids is 1. The molecular weight excluding hydrogens is 752 g/mol. The molecule has 0 aliphatic carbocycles. The van der Waals surface area contributed by atoms with Gasteiger partial charge in [0.15, 0.2) is 11.5 Å². The number of likely N-dealkylation sites (tertiary alicyclic amines) is 2. The van der Waals surface area contributed by atoms with Crippen LogP contribution >= 0.6 is 0 Å². The summed E-state index contributed by atoms with van der Waals surface area (Å²) >= 11 is 0. The van der Waals surface area contributed by atoms with E-state index in [-0.39, 0.29) is 11.7 Å². The highest BCUT2D eigenvalue weighted by Gasteiger charge is 2.47. The molecule has 4 aromatic carbocycles. The lowest BCUT2D eigenvalue weighted by Gasteiger charge is -2.39. The van der Waals surface area contributed by atoms with Crippen LogP contribution in [-0.2, 0) is 40.0 Å². The molecule has 2 saturated heterocycles. The van der Waals surface area contributed by atoms with Gasteiger partial charge in [0.05, 0.1) is 44.0 Å². The zero-order valence-electron chi connectivity index (χ0n) is 32.9. The molecule has 14 heteroatoms. The van der Waals surface area contributed by atoms with Gasteiger partial charge in [0.1, 0.15) is 17.2 Å². The third kappa shape index (κ3) is 9.93. The van der Waals surface area contributed by atoms with Gasteiger partial charge in [-0.05, 0) is 91.7 Å². The molecule has 1 unspecified atom stereocenters. The van der Waals surface area contributed by atoms with E-state index >= 15 is 0 Å². The molecule has 7 rings (SSSR count). The number of methoxy groups -OCH3 is 3. The Bertz CT molecular complexity index is 2230. The first-order valence-corrected chi connectivity index (χ1v) is 20.8. The van der Waals surface area contributed by atoms with E-state index in [2.05, 4.69) is 21.6 Å². The van der Waals surface area contributed by atoms with E-state index < -0.39 is 21.1 Å². The summed E-state index contributed by atoms with van der Waals surface area (Å²) < 4.78 is 58.3. The van der Waals surface area contributed by atoms with Crippen LogP contribution in [0.4, 0.5) is 4.39 Å². The Hall–Kier alpha value is -5.02. The number of imidazole rings is 1. The number of ether oxygens (including phenoxy) is 3. The fourth-order valence-corrected chi connectivity index (χ4v) is 8.07. The number of halogens is 1. The number of para-hydroxylation sites is 2. The largest absolute Gasteiger partial charge is 0.493 e. The normalized spacial score (nSPS) is 18.3. The van der Waals surface area contributed by atoms with Gasteiger partial charge in [0, 0.05) is 32.7 Å². The molecule has 1 aromatic heterocycles. The first-order chi connectivity index (χ1) is 27.2. The average Bonchev–Trinajstić information content (AvgIpc) is 3.71. The predicted molar refractivity (Wildman–Crippen MR) is 216 cm³/mol. The Balaban J connectivity index is 0.00000103. The summed E-state index contributed by atoms with van der Waals surface area (Å²) in [5.74, 6) is 2.19. The van der Waals surface area contributed by atoms with Crippen molar-refractivity contribution in [3.63, 3.8) is 0 Å². The van der Waals surface area contributed by atoms with E-state index in [9.17, 15) is 22.7 Å². The molecule has 2 aliphatic heterocycles. The summed E-state index contributed by atoms with van der Waals surface area (Å²) in [6.45, 7) is 3.70. The van der Waals surface area contributed by atoms with Crippen LogP contribution < -0.4 is 14.2 Å². The number of nitrogens with zero attached hydrogens (tertiary/aromatic N) is 4.